The molecule has 2 N–H and O–H groups in total. The van der Waals surface area contributed by atoms with Gasteiger partial charge in [0.25, 0.3) is 5.91 Å². The molecule has 1 spiro atoms. The van der Waals surface area contributed by atoms with E-state index >= 15 is 0 Å². The fourth-order valence-corrected chi connectivity index (χ4v) is 4.22. The smallest absolute Gasteiger partial charge is 0.325 e. The van der Waals surface area contributed by atoms with Crippen molar-refractivity contribution in [3.8, 4) is 0 Å². The predicted molar refractivity (Wildman–Crippen MR) is 109 cm³/mol. The Labute approximate surface area is 172 Å². The SMILES string of the molecule is CC(OCCCNC(=O)CN1C(=O)NC2(CCCCC2C)C1=O)c1ccccc1. The quantitative estimate of drug-likeness (QED) is 0.518. The molecule has 4 amide bonds. The highest BCUT2D eigenvalue weighted by atomic mass is 16.5. The highest BCUT2D eigenvalue weighted by Gasteiger charge is 2.55. The molecule has 1 aromatic rings. The molecule has 3 unspecified atom stereocenters. The first-order valence-corrected chi connectivity index (χ1v) is 10.5. The van der Waals surface area contributed by atoms with E-state index in [4.69, 9.17) is 4.74 Å². The monoisotopic (exact) mass is 401 g/mol. The van der Waals surface area contributed by atoms with Crippen molar-refractivity contribution in [1.29, 1.82) is 0 Å². The second kappa shape index (κ2) is 9.39. The average molecular weight is 402 g/mol. The molecule has 7 nitrogen and oxygen atoms in total. The lowest BCUT2D eigenvalue weighted by Gasteiger charge is -2.36. The Hall–Kier alpha value is -2.41. The van der Waals surface area contributed by atoms with Crippen LogP contribution in [0.15, 0.2) is 30.3 Å². The van der Waals surface area contributed by atoms with Gasteiger partial charge in [-0.2, -0.15) is 0 Å². The van der Waals surface area contributed by atoms with E-state index in [-0.39, 0.29) is 30.4 Å². The van der Waals surface area contributed by atoms with Crippen molar-refractivity contribution in [3.05, 3.63) is 35.9 Å². The molecule has 1 saturated heterocycles. The van der Waals surface area contributed by atoms with Crippen LogP contribution < -0.4 is 10.6 Å². The van der Waals surface area contributed by atoms with E-state index in [2.05, 4.69) is 10.6 Å². The van der Waals surface area contributed by atoms with Crippen LogP contribution in [0.4, 0.5) is 4.79 Å². The van der Waals surface area contributed by atoms with Gasteiger partial charge in [0, 0.05) is 13.2 Å². The van der Waals surface area contributed by atoms with Crippen LogP contribution >= 0.6 is 0 Å². The van der Waals surface area contributed by atoms with Crippen molar-refractivity contribution in [3.63, 3.8) is 0 Å². The Kier molecular flexibility index (Phi) is 6.90. The molecule has 1 aliphatic heterocycles. The Bertz CT molecular complexity index is 739. The lowest BCUT2D eigenvalue weighted by Crippen LogP contribution is -2.54. The molecule has 0 bridgehead atoms. The zero-order valence-electron chi connectivity index (χ0n) is 17.3. The molecular formula is C22H31N3O4. The van der Waals surface area contributed by atoms with Crippen LogP contribution in [0.25, 0.3) is 0 Å². The molecular weight excluding hydrogens is 370 g/mol. The molecule has 1 aromatic carbocycles. The number of urea groups is 1. The summed E-state index contributed by atoms with van der Waals surface area (Å²) in [5.74, 6) is -0.500. The Morgan fingerprint density at radius 1 is 1.31 bits per heavy atom. The maximum absolute atomic E-state index is 12.9. The molecule has 29 heavy (non-hydrogen) atoms. The van der Waals surface area contributed by atoms with Crippen molar-refractivity contribution in [2.75, 3.05) is 19.7 Å². The fourth-order valence-electron chi connectivity index (χ4n) is 4.22. The number of benzene rings is 1. The first-order chi connectivity index (χ1) is 13.9. The van der Waals surface area contributed by atoms with E-state index in [0.717, 1.165) is 29.7 Å². The summed E-state index contributed by atoms with van der Waals surface area (Å²) in [4.78, 5) is 38.5. The van der Waals surface area contributed by atoms with Gasteiger partial charge in [0.1, 0.15) is 12.1 Å². The van der Waals surface area contributed by atoms with Gasteiger partial charge in [-0.25, -0.2) is 4.79 Å². The number of ether oxygens (including phenoxy) is 1. The third kappa shape index (κ3) is 4.78. The summed E-state index contributed by atoms with van der Waals surface area (Å²) in [6.45, 7) is 4.71. The van der Waals surface area contributed by atoms with Gasteiger partial charge in [-0.15, -0.1) is 0 Å². The fraction of sp³-hybridized carbons (Fsp3) is 0.591. The van der Waals surface area contributed by atoms with E-state index < -0.39 is 11.6 Å². The van der Waals surface area contributed by atoms with E-state index in [1.807, 2.05) is 44.2 Å². The van der Waals surface area contributed by atoms with Gasteiger partial charge < -0.3 is 15.4 Å². The van der Waals surface area contributed by atoms with E-state index in [0.29, 0.717) is 26.0 Å². The summed E-state index contributed by atoms with van der Waals surface area (Å²) in [6.07, 6.45) is 4.19. The molecule has 3 rings (SSSR count). The van der Waals surface area contributed by atoms with Crippen molar-refractivity contribution < 1.29 is 19.1 Å². The number of rotatable bonds is 8. The van der Waals surface area contributed by atoms with Crippen molar-refractivity contribution in [2.24, 2.45) is 5.92 Å². The van der Waals surface area contributed by atoms with Gasteiger partial charge in [-0.3, -0.25) is 14.5 Å². The predicted octanol–water partition coefficient (Wildman–Crippen LogP) is 2.77. The summed E-state index contributed by atoms with van der Waals surface area (Å²) < 4.78 is 5.78. The van der Waals surface area contributed by atoms with Gasteiger partial charge in [0.05, 0.1) is 6.10 Å². The normalized spacial score (nSPS) is 25.2. The van der Waals surface area contributed by atoms with Gasteiger partial charge >= 0.3 is 6.03 Å². The maximum Gasteiger partial charge on any atom is 0.325 e. The molecule has 1 saturated carbocycles. The van der Waals surface area contributed by atoms with Gasteiger partial charge in [-0.1, -0.05) is 50.1 Å². The molecule has 3 atom stereocenters. The number of hydrogen-bond donors (Lipinski definition) is 2. The average Bonchev–Trinajstić information content (AvgIpc) is 2.95. The molecule has 2 aliphatic rings. The zero-order chi connectivity index (χ0) is 20.9. The topological polar surface area (TPSA) is 87.7 Å². The van der Waals surface area contributed by atoms with Crippen LogP contribution in [0.5, 0.6) is 0 Å². The number of imide groups is 1. The van der Waals surface area contributed by atoms with Crippen LogP contribution in [0.2, 0.25) is 0 Å². The van der Waals surface area contributed by atoms with E-state index in [9.17, 15) is 14.4 Å². The number of nitrogens with zero attached hydrogens (tertiary/aromatic N) is 1. The lowest BCUT2D eigenvalue weighted by molar-refractivity contribution is -0.137. The standard InChI is InChI=1S/C22H31N3O4/c1-16-9-6-7-12-22(16)20(27)25(21(28)24-22)15-19(26)23-13-8-14-29-17(2)18-10-4-3-5-11-18/h3-5,10-11,16-17H,6-9,12-15H2,1-2H3,(H,23,26)(H,24,28). The van der Waals surface area contributed by atoms with Crippen LogP contribution in [0.1, 0.15) is 57.6 Å². The van der Waals surface area contributed by atoms with E-state index in [1.54, 1.807) is 0 Å². The third-order valence-electron chi connectivity index (χ3n) is 6.08. The van der Waals surface area contributed by atoms with Gasteiger partial charge in [-0.05, 0) is 37.7 Å². The Morgan fingerprint density at radius 3 is 2.79 bits per heavy atom. The minimum absolute atomic E-state index is 0.00788. The lowest BCUT2D eigenvalue weighted by atomic mass is 9.73. The molecule has 1 aliphatic carbocycles. The van der Waals surface area contributed by atoms with Crippen molar-refractivity contribution in [2.45, 2.75) is 57.6 Å². The zero-order valence-corrected chi connectivity index (χ0v) is 17.3. The number of amides is 4. The van der Waals surface area contributed by atoms with Crippen molar-refractivity contribution >= 4 is 17.8 Å². The number of carbonyl (C=O) groups excluding carboxylic acids is 3. The molecule has 7 heteroatoms. The van der Waals surface area contributed by atoms with Crippen molar-refractivity contribution in [1.82, 2.24) is 15.5 Å². The highest BCUT2D eigenvalue weighted by molar-refractivity contribution is 6.09. The molecule has 158 valence electrons. The first-order valence-electron chi connectivity index (χ1n) is 10.5. The van der Waals surface area contributed by atoms with Crippen LogP contribution in [0.3, 0.4) is 0 Å². The summed E-state index contributed by atoms with van der Waals surface area (Å²) in [6, 6.07) is 9.49. The highest BCUT2D eigenvalue weighted by Crippen LogP contribution is 2.38. The minimum Gasteiger partial charge on any atom is -0.374 e. The van der Waals surface area contributed by atoms with Gasteiger partial charge in [0.2, 0.25) is 5.91 Å². The second-order valence-corrected chi connectivity index (χ2v) is 8.07. The summed E-state index contributed by atoms with van der Waals surface area (Å²) in [5.41, 5.74) is 0.290. The first kappa shape index (κ1) is 21.3. The molecule has 0 aromatic heterocycles. The number of hydrogen-bond acceptors (Lipinski definition) is 4. The summed E-state index contributed by atoms with van der Waals surface area (Å²) in [7, 11) is 0. The molecule has 1 heterocycles. The van der Waals surface area contributed by atoms with Crippen LogP contribution in [0, 0.1) is 5.92 Å². The van der Waals surface area contributed by atoms with E-state index in [1.165, 1.54) is 0 Å². The van der Waals surface area contributed by atoms with Gasteiger partial charge in [0.15, 0.2) is 0 Å². The summed E-state index contributed by atoms with van der Waals surface area (Å²) in [5, 5.41) is 5.64. The maximum atomic E-state index is 12.9. The van der Waals surface area contributed by atoms with Crippen LogP contribution in [-0.2, 0) is 14.3 Å². The third-order valence-corrected chi connectivity index (χ3v) is 6.08. The molecule has 2 fully saturated rings. The Morgan fingerprint density at radius 2 is 2.07 bits per heavy atom. The molecule has 0 radical (unpaired) electrons. The summed E-state index contributed by atoms with van der Waals surface area (Å²) >= 11 is 0. The minimum atomic E-state index is -0.822. The number of carbonyl (C=O) groups is 3. The number of nitrogens with one attached hydrogen (secondary N) is 2. The van der Waals surface area contributed by atoms with Crippen LogP contribution in [-0.4, -0.2) is 48.0 Å². The Balaban J connectivity index is 1.39. The second-order valence-electron chi connectivity index (χ2n) is 8.07. The largest absolute Gasteiger partial charge is 0.374 e.